The molecule has 4 aromatic rings. The van der Waals surface area contributed by atoms with Crippen LogP contribution in [0.2, 0.25) is 0 Å². The van der Waals surface area contributed by atoms with E-state index in [1.807, 2.05) is 6.20 Å². The molecule has 2 aliphatic rings. The van der Waals surface area contributed by atoms with Crippen LogP contribution in [0.1, 0.15) is 55.1 Å². The molecular weight excluding hydrogens is 400 g/mol. The fraction of sp³-hybridized carbons (Fsp3) is 0.462. The van der Waals surface area contributed by atoms with Crippen molar-refractivity contribution in [2.45, 2.75) is 57.7 Å². The lowest BCUT2D eigenvalue weighted by molar-refractivity contribution is -0.113. The molecule has 4 heterocycles. The van der Waals surface area contributed by atoms with Gasteiger partial charge in [-0.1, -0.05) is 50.2 Å². The molecule has 2 saturated heterocycles. The molecule has 3 atom stereocenters. The lowest BCUT2D eigenvalue weighted by Gasteiger charge is -2.39. The lowest BCUT2D eigenvalue weighted by Crippen LogP contribution is -2.42. The first kappa shape index (κ1) is 19.9. The van der Waals surface area contributed by atoms with E-state index in [-0.39, 0.29) is 12.1 Å². The minimum atomic E-state index is 0.165. The van der Waals surface area contributed by atoms with Crippen molar-refractivity contribution in [1.82, 2.24) is 19.6 Å². The standard InChI is InChI=1S/C26H30N4O2/c1-4-18-7-5-8-19-12-27-30(25(18)19)23-15-32-24(23)11-16(2)21-9-6-10-22-17(3)28-29(26(21)22)20-13-31-14-20/h5-10,12,16,20,23-24H,4,11,13-15H2,1-3H3. The van der Waals surface area contributed by atoms with Crippen LogP contribution in [0.25, 0.3) is 21.8 Å². The largest absolute Gasteiger partial charge is 0.377 e. The van der Waals surface area contributed by atoms with Crippen molar-refractivity contribution >= 4 is 21.8 Å². The van der Waals surface area contributed by atoms with Gasteiger partial charge < -0.3 is 9.47 Å². The maximum Gasteiger partial charge on any atom is 0.102 e. The van der Waals surface area contributed by atoms with Crippen LogP contribution in [0.5, 0.6) is 0 Å². The zero-order valence-electron chi connectivity index (χ0n) is 19.0. The van der Waals surface area contributed by atoms with Crippen molar-refractivity contribution in [3.63, 3.8) is 0 Å². The molecule has 0 radical (unpaired) electrons. The molecular formula is C26H30N4O2. The Morgan fingerprint density at radius 3 is 2.62 bits per heavy atom. The van der Waals surface area contributed by atoms with Crippen LogP contribution < -0.4 is 0 Å². The first-order valence-electron chi connectivity index (χ1n) is 11.8. The summed E-state index contributed by atoms with van der Waals surface area (Å²) in [6.07, 6.45) is 4.13. The monoisotopic (exact) mass is 430 g/mol. The maximum absolute atomic E-state index is 6.11. The SMILES string of the molecule is CCc1cccc2cnn(C3COC3CC(C)c3cccc4c(C)nn(C5COC5)c34)c12. The summed E-state index contributed by atoms with van der Waals surface area (Å²) in [6, 6.07) is 13.7. The molecule has 0 saturated carbocycles. The van der Waals surface area contributed by atoms with E-state index in [1.165, 1.54) is 32.9 Å². The Hall–Kier alpha value is -2.70. The van der Waals surface area contributed by atoms with Crippen molar-refractivity contribution in [3.05, 3.63) is 59.4 Å². The van der Waals surface area contributed by atoms with E-state index >= 15 is 0 Å². The Kier molecular flexibility index (Phi) is 4.81. The van der Waals surface area contributed by atoms with Crippen molar-refractivity contribution in [3.8, 4) is 0 Å². The number of aryl methyl sites for hydroxylation is 2. The zero-order valence-corrected chi connectivity index (χ0v) is 19.0. The normalized spacial score (nSPS) is 22.2. The Bertz CT molecular complexity index is 1290. The van der Waals surface area contributed by atoms with E-state index in [0.29, 0.717) is 12.0 Å². The predicted molar refractivity (Wildman–Crippen MR) is 125 cm³/mol. The molecule has 2 aliphatic heterocycles. The van der Waals surface area contributed by atoms with E-state index in [2.05, 4.69) is 66.5 Å². The first-order valence-corrected chi connectivity index (χ1v) is 11.8. The average molecular weight is 431 g/mol. The number of hydrogen-bond donors (Lipinski definition) is 0. The molecule has 0 N–H and O–H groups in total. The Labute approximate surface area is 188 Å². The van der Waals surface area contributed by atoms with Gasteiger partial charge in [-0.3, -0.25) is 9.36 Å². The third-order valence-corrected chi connectivity index (χ3v) is 7.33. The highest BCUT2D eigenvalue weighted by molar-refractivity contribution is 5.85. The van der Waals surface area contributed by atoms with Gasteiger partial charge in [0.1, 0.15) is 6.04 Å². The molecule has 0 amide bonds. The second kappa shape index (κ2) is 7.71. The van der Waals surface area contributed by atoms with E-state index in [9.17, 15) is 0 Å². The molecule has 2 aromatic carbocycles. The van der Waals surface area contributed by atoms with Crippen LogP contribution in [-0.4, -0.2) is 45.5 Å². The van der Waals surface area contributed by atoms with Gasteiger partial charge in [-0.25, -0.2) is 0 Å². The van der Waals surface area contributed by atoms with Gasteiger partial charge in [0.2, 0.25) is 0 Å². The minimum absolute atomic E-state index is 0.165. The molecule has 2 fully saturated rings. The number of hydrogen-bond acceptors (Lipinski definition) is 4. The van der Waals surface area contributed by atoms with Crippen molar-refractivity contribution in [2.24, 2.45) is 0 Å². The lowest BCUT2D eigenvalue weighted by atomic mass is 9.88. The van der Waals surface area contributed by atoms with Crippen LogP contribution in [0.3, 0.4) is 0 Å². The highest BCUT2D eigenvalue weighted by atomic mass is 16.5. The minimum Gasteiger partial charge on any atom is -0.377 e. The van der Waals surface area contributed by atoms with Crippen LogP contribution in [0.15, 0.2) is 42.6 Å². The van der Waals surface area contributed by atoms with Crippen LogP contribution in [-0.2, 0) is 15.9 Å². The van der Waals surface area contributed by atoms with Crippen molar-refractivity contribution < 1.29 is 9.47 Å². The highest BCUT2D eigenvalue weighted by Gasteiger charge is 2.37. The third kappa shape index (κ3) is 3.00. The summed E-state index contributed by atoms with van der Waals surface area (Å²) in [4.78, 5) is 0. The molecule has 166 valence electrons. The van der Waals surface area contributed by atoms with Gasteiger partial charge in [-0.15, -0.1) is 0 Å². The van der Waals surface area contributed by atoms with Gasteiger partial charge in [0.15, 0.2) is 0 Å². The summed E-state index contributed by atoms with van der Waals surface area (Å²) < 4.78 is 16.0. The molecule has 0 bridgehead atoms. The predicted octanol–water partition coefficient (Wildman–Crippen LogP) is 4.96. The summed E-state index contributed by atoms with van der Waals surface area (Å²) >= 11 is 0. The zero-order chi connectivity index (χ0) is 21.8. The summed E-state index contributed by atoms with van der Waals surface area (Å²) in [5, 5.41) is 12.1. The van der Waals surface area contributed by atoms with Gasteiger partial charge in [-0.2, -0.15) is 10.2 Å². The number of nitrogens with zero attached hydrogens (tertiary/aromatic N) is 4. The fourth-order valence-corrected chi connectivity index (χ4v) is 5.36. The van der Waals surface area contributed by atoms with Crippen LogP contribution in [0, 0.1) is 6.92 Å². The second-order valence-corrected chi connectivity index (χ2v) is 9.34. The number of para-hydroxylation sites is 2. The average Bonchev–Trinajstić information content (AvgIpc) is 3.31. The van der Waals surface area contributed by atoms with Crippen molar-refractivity contribution in [2.75, 3.05) is 19.8 Å². The molecule has 2 aromatic heterocycles. The van der Waals surface area contributed by atoms with Gasteiger partial charge in [0.05, 0.1) is 54.9 Å². The summed E-state index contributed by atoms with van der Waals surface area (Å²) in [5.41, 5.74) is 6.32. The van der Waals surface area contributed by atoms with E-state index in [4.69, 9.17) is 19.7 Å². The quantitative estimate of drug-likeness (QED) is 0.434. The Balaban J connectivity index is 1.31. The third-order valence-electron chi connectivity index (χ3n) is 7.33. The summed E-state index contributed by atoms with van der Waals surface area (Å²) in [5.74, 6) is 0.356. The van der Waals surface area contributed by atoms with Gasteiger partial charge in [-0.05, 0) is 36.8 Å². The van der Waals surface area contributed by atoms with Crippen LogP contribution >= 0.6 is 0 Å². The van der Waals surface area contributed by atoms with E-state index in [1.54, 1.807) is 0 Å². The number of aromatic nitrogens is 4. The van der Waals surface area contributed by atoms with Crippen molar-refractivity contribution in [1.29, 1.82) is 0 Å². The highest BCUT2D eigenvalue weighted by Crippen LogP contribution is 2.39. The number of ether oxygens (including phenoxy) is 2. The number of benzene rings is 2. The number of rotatable bonds is 6. The van der Waals surface area contributed by atoms with E-state index < -0.39 is 0 Å². The second-order valence-electron chi connectivity index (χ2n) is 9.34. The molecule has 3 unspecified atom stereocenters. The van der Waals surface area contributed by atoms with Gasteiger partial charge >= 0.3 is 0 Å². The van der Waals surface area contributed by atoms with Gasteiger partial charge in [0, 0.05) is 10.8 Å². The van der Waals surface area contributed by atoms with Gasteiger partial charge in [0.25, 0.3) is 0 Å². The smallest absolute Gasteiger partial charge is 0.102 e. The Morgan fingerprint density at radius 1 is 1.06 bits per heavy atom. The molecule has 6 nitrogen and oxygen atoms in total. The molecule has 0 aliphatic carbocycles. The summed E-state index contributed by atoms with van der Waals surface area (Å²) in [6.45, 7) is 8.86. The maximum atomic E-state index is 6.11. The topological polar surface area (TPSA) is 54.1 Å². The molecule has 32 heavy (non-hydrogen) atoms. The Morgan fingerprint density at radius 2 is 1.91 bits per heavy atom. The van der Waals surface area contributed by atoms with Crippen LogP contribution in [0.4, 0.5) is 0 Å². The molecule has 6 rings (SSSR count). The van der Waals surface area contributed by atoms with E-state index in [0.717, 1.165) is 38.4 Å². The molecule has 0 spiro atoms. The fourth-order valence-electron chi connectivity index (χ4n) is 5.36. The first-order chi connectivity index (χ1) is 15.7. The number of fused-ring (bicyclic) bond motifs is 2. The molecule has 6 heteroatoms. The summed E-state index contributed by atoms with van der Waals surface area (Å²) in [7, 11) is 0.